The molecule has 2 fully saturated rings. The standard InChI is InChI=1S/C26H33N5O2S/c1-19-16-28-26(34-14-11-30-9-12-33-13-10-30)29-25(19)20-5-4-8-31(18-20)24(32)15-21-17-27-23-7-3-2-6-22(21)23/h2-3,6-7,16-17,20,27H,4-5,8-15,18H2,1H3. The van der Waals surface area contributed by atoms with Gasteiger partial charge in [0, 0.05) is 67.7 Å². The van der Waals surface area contributed by atoms with Crippen LogP contribution in [0.3, 0.4) is 0 Å². The van der Waals surface area contributed by atoms with Crippen molar-refractivity contribution in [2.45, 2.75) is 37.3 Å². The van der Waals surface area contributed by atoms with Gasteiger partial charge in [0.05, 0.1) is 25.3 Å². The molecule has 3 aromatic rings. The van der Waals surface area contributed by atoms with Gasteiger partial charge in [-0.25, -0.2) is 9.97 Å². The number of rotatable bonds is 7. The van der Waals surface area contributed by atoms with Crippen molar-refractivity contribution in [2.24, 2.45) is 0 Å². The van der Waals surface area contributed by atoms with Crippen molar-refractivity contribution in [3.63, 3.8) is 0 Å². The number of carbonyl (C=O) groups excluding carboxylic acids is 1. The molecule has 4 heterocycles. The van der Waals surface area contributed by atoms with E-state index in [4.69, 9.17) is 9.72 Å². The number of para-hydroxylation sites is 1. The van der Waals surface area contributed by atoms with E-state index in [2.05, 4.69) is 33.9 Å². The number of hydrogen-bond acceptors (Lipinski definition) is 6. The first kappa shape index (κ1) is 23.3. The highest BCUT2D eigenvalue weighted by Crippen LogP contribution is 2.30. The largest absolute Gasteiger partial charge is 0.379 e. The Morgan fingerprint density at radius 1 is 1.24 bits per heavy atom. The van der Waals surface area contributed by atoms with Crippen molar-refractivity contribution in [1.29, 1.82) is 0 Å². The third-order valence-corrected chi connectivity index (χ3v) is 7.75. The van der Waals surface area contributed by atoms with Gasteiger partial charge in [-0.05, 0) is 37.0 Å². The zero-order valence-electron chi connectivity index (χ0n) is 19.8. The van der Waals surface area contributed by atoms with Crippen LogP contribution in [0.15, 0.2) is 41.8 Å². The highest BCUT2D eigenvalue weighted by atomic mass is 32.2. The summed E-state index contributed by atoms with van der Waals surface area (Å²) in [6.07, 6.45) is 6.42. The molecule has 34 heavy (non-hydrogen) atoms. The lowest BCUT2D eigenvalue weighted by Crippen LogP contribution is -2.40. The summed E-state index contributed by atoms with van der Waals surface area (Å²) in [5.74, 6) is 1.44. The summed E-state index contributed by atoms with van der Waals surface area (Å²) in [6, 6.07) is 8.17. The van der Waals surface area contributed by atoms with Gasteiger partial charge in [-0.15, -0.1) is 0 Å². The molecule has 2 aliphatic heterocycles. The molecule has 1 atom stereocenters. The number of aromatic nitrogens is 3. The average molecular weight is 480 g/mol. The second-order valence-electron chi connectivity index (χ2n) is 9.24. The molecule has 8 heteroatoms. The minimum Gasteiger partial charge on any atom is -0.379 e. The van der Waals surface area contributed by atoms with E-state index >= 15 is 0 Å². The normalized spacial score (nSPS) is 19.6. The van der Waals surface area contributed by atoms with Crippen molar-refractivity contribution < 1.29 is 9.53 Å². The van der Waals surface area contributed by atoms with Crippen molar-refractivity contribution in [2.75, 3.05) is 51.7 Å². The topological polar surface area (TPSA) is 74.3 Å². The number of nitrogens with zero attached hydrogens (tertiary/aromatic N) is 4. The van der Waals surface area contributed by atoms with E-state index in [9.17, 15) is 4.79 Å². The molecule has 0 saturated carbocycles. The van der Waals surface area contributed by atoms with E-state index < -0.39 is 0 Å². The average Bonchev–Trinajstić information content (AvgIpc) is 3.28. The number of H-pyrrole nitrogens is 1. The summed E-state index contributed by atoms with van der Waals surface area (Å²) >= 11 is 1.72. The van der Waals surface area contributed by atoms with E-state index in [0.717, 1.165) is 97.4 Å². The van der Waals surface area contributed by atoms with Gasteiger partial charge in [-0.3, -0.25) is 9.69 Å². The molecule has 1 N–H and O–H groups in total. The first-order chi connectivity index (χ1) is 16.7. The van der Waals surface area contributed by atoms with Crippen LogP contribution in [0.5, 0.6) is 0 Å². The number of fused-ring (bicyclic) bond motifs is 1. The van der Waals surface area contributed by atoms with Crippen LogP contribution in [0.25, 0.3) is 10.9 Å². The summed E-state index contributed by atoms with van der Waals surface area (Å²) in [5, 5.41) is 1.98. The highest BCUT2D eigenvalue weighted by molar-refractivity contribution is 7.99. The van der Waals surface area contributed by atoms with Crippen LogP contribution in [-0.4, -0.2) is 82.3 Å². The number of amides is 1. The lowest BCUT2D eigenvalue weighted by atomic mass is 9.92. The zero-order valence-corrected chi connectivity index (χ0v) is 20.6. The summed E-state index contributed by atoms with van der Waals surface area (Å²) in [6.45, 7) is 8.33. The minimum absolute atomic E-state index is 0.196. The lowest BCUT2D eigenvalue weighted by Gasteiger charge is -2.33. The molecule has 180 valence electrons. The SMILES string of the molecule is Cc1cnc(SCCN2CCOCC2)nc1C1CCCN(C(=O)Cc2c[nH]c3ccccc23)C1. The Morgan fingerprint density at radius 3 is 2.97 bits per heavy atom. The molecule has 0 radical (unpaired) electrons. The second kappa shape index (κ2) is 10.9. The molecule has 2 aliphatic rings. The van der Waals surface area contributed by atoms with Crippen LogP contribution < -0.4 is 0 Å². The maximum absolute atomic E-state index is 13.2. The fourth-order valence-electron chi connectivity index (χ4n) is 4.99. The number of benzene rings is 1. The van der Waals surface area contributed by atoms with Gasteiger partial charge in [-0.1, -0.05) is 30.0 Å². The molecule has 7 nitrogen and oxygen atoms in total. The summed E-state index contributed by atoms with van der Waals surface area (Å²) in [7, 11) is 0. The molecule has 1 unspecified atom stereocenters. The van der Waals surface area contributed by atoms with Crippen molar-refractivity contribution in [3.05, 3.63) is 53.5 Å². The van der Waals surface area contributed by atoms with Crippen LogP contribution in [-0.2, 0) is 16.0 Å². The van der Waals surface area contributed by atoms with Crippen LogP contribution in [0.4, 0.5) is 0 Å². The highest BCUT2D eigenvalue weighted by Gasteiger charge is 2.27. The quantitative estimate of drug-likeness (QED) is 0.412. The smallest absolute Gasteiger partial charge is 0.227 e. The molecule has 0 spiro atoms. The van der Waals surface area contributed by atoms with Gasteiger partial charge in [0.1, 0.15) is 0 Å². The van der Waals surface area contributed by atoms with Gasteiger partial charge in [0.15, 0.2) is 5.16 Å². The Bertz CT molecular complexity index is 1130. The van der Waals surface area contributed by atoms with E-state index in [1.807, 2.05) is 29.4 Å². The van der Waals surface area contributed by atoms with Crippen molar-refractivity contribution >= 4 is 28.6 Å². The lowest BCUT2D eigenvalue weighted by molar-refractivity contribution is -0.131. The van der Waals surface area contributed by atoms with Gasteiger partial charge in [0.25, 0.3) is 0 Å². The number of thioether (sulfide) groups is 1. The van der Waals surface area contributed by atoms with Gasteiger partial charge >= 0.3 is 0 Å². The predicted molar refractivity (Wildman–Crippen MR) is 135 cm³/mol. The number of carbonyl (C=O) groups is 1. The Kier molecular flexibility index (Phi) is 7.47. The van der Waals surface area contributed by atoms with Crippen LogP contribution in [0.2, 0.25) is 0 Å². The molecule has 1 amide bonds. The first-order valence-corrected chi connectivity index (χ1v) is 13.2. The molecule has 2 aromatic heterocycles. The number of nitrogens with one attached hydrogen (secondary N) is 1. The van der Waals surface area contributed by atoms with E-state index in [0.29, 0.717) is 6.42 Å². The molecule has 0 aliphatic carbocycles. The first-order valence-electron chi connectivity index (χ1n) is 12.3. The van der Waals surface area contributed by atoms with E-state index in [-0.39, 0.29) is 11.8 Å². The fourth-order valence-corrected chi connectivity index (χ4v) is 5.81. The number of morpholine rings is 1. The Hall–Kier alpha value is -2.42. The Balaban J connectivity index is 1.21. The Labute approximate surface area is 205 Å². The number of likely N-dealkylation sites (tertiary alicyclic amines) is 1. The molecule has 1 aromatic carbocycles. The fraction of sp³-hybridized carbons (Fsp3) is 0.500. The molecular formula is C26H33N5O2S. The monoisotopic (exact) mass is 479 g/mol. The van der Waals surface area contributed by atoms with Crippen LogP contribution >= 0.6 is 11.8 Å². The second-order valence-corrected chi connectivity index (χ2v) is 10.3. The number of ether oxygens (including phenoxy) is 1. The molecular weight excluding hydrogens is 446 g/mol. The molecule has 2 saturated heterocycles. The minimum atomic E-state index is 0.196. The molecule has 0 bridgehead atoms. The summed E-state index contributed by atoms with van der Waals surface area (Å²) in [5.41, 5.74) is 4.37. The Morgan fingerprint density at radius 2 is 2.09 bits per heavy atom. The van der Waals surface area contributed by atoms with Crippen molar-refractivity contribution in [1.82, 2.24) is 24.8 Å². The van der Waals surface area contributed by atoms with Crippen LogP contribution in [0.1, 0.15) is 35.6 Å². The zero-order chi connectivity index (χ0) is 23.3. The maximum atomic E-state index is 13.2. The number of aromatic amines is 1. The van der Waals surface area contributed by atoms with Gasteiger partial charge in [-0.2, -0.15) is 0 Å². The van der Waals surface area contributed by atoms with E-state index in [1.165, 1.54) is 0 Å². The van der Waals surface area contributed by atoms with Crippen molar-refractivity contribution in [3.8, 4) is 0 Å². The van der Waals surface area contributed by atoms with Gasteiger partial charge < -0.3 is 14.6 Å². The third kappa shape index (κ3) is 5.45. The van der Waals surface area contributed by atoms with Gasteiger partial charge in [0.2, 0.25) is 5.91 Å². The van der Waals surface area contributed by atoms with E-state index in [1.54, 1.807) is 11.8 Å². The predicted octanol–water partition coefficient (Wildman–Crippen LogP) is 3.64. The number of aryl methyl sites for hydroxylation is 1. The van der Waals surface area contributed by atoms with Crippen LogP contribution in [0, 0.1) is 6.92 Å². The number of piperidine rings is 1. The maximum Gasteiger partial charge on any atom is 0.227 e. The summed E-state index contributed by atoms with van der Waals surface area (Å²) < 4.78 is 5.43. The summed E-state index contributed by atoms with van der Waals surface area (Å²) in [4.78, 5) is 30.5. The number of hydrogen-bond donors (Lipinski definition) is 1. The molecule has 5 rings (SSSR count). The third-order valence-electron chi connectivity index (χ3n) is 6.91.